The van der Waals surface area contributed by atoms with Crippen LogP contribution in [0.2, 0.25) is 0 Å². The molecule has 3 rings (SSSR count). The van der Waals surface area contributed by atoms with Crippen molar-refractivity contribution in [3.8, 4) is 5.75 Å². The van der Waals surface area contributed by atoms with Gasteiger partial charge in [-0.15, -0.1) is 0 Å². The summed E-state index contributed by atoms with van der Waals surface area (Å²) in [4.78, 5) is 0. The van der Waals surface area contributed by atoms with E-state index in [9.17, 15) is 22.0 Å². The fraction of sp³-hybridized carbons (Fsp3) is 0.0500. The van der Waals surface area contributed by atoms with E-state index in [0.717, 1.165) is 11.8 Å². The molecule has 0 aliphatic rings. The zero-order valence-electron chi connectivity index (χ0n) is 14.2. The van der Waals surface area contributed by atoms with Gasteiger partial charge in [0.1, 0.15) is 18.0 Å². The van der Waals surface area contributed by atoms with Crippen molar-refractivity contribution in [3.05, 3.63) is 94.8 Å². The predicted molar refractivity (Wildman–Crippen MR) is 94.7 cm³/mol. The first-order valence-electron chi connectivity index (χ1n) is 8.05. The molecule has 0 bridgehead atoms. The fourth-order valence-electron chi connectivity index (χ4n) is 2.32. The summed E-state index contributed by atoms with van der Waals surface area (Å²) >= 11 is 0. The minimum atomic E-state index is -2.23. The average Bonchev–Trinajstić information content (AvgIpc) is 2.73. The van der Waals surface area contributed by atoms with Crippen LogP contribution in [0.4, 0.5) is 27.6 Å². The number of hydrogen-bond donors (Lipinski definition) is 1. The van der Waals surface area contributed by atoms with Gasteiger partial charge in [-0.3, -0.25) is 5.43 Å². The van der Waals surface area contributed by atoms with E-state index in [1.165, 1.54) is 0 Å². The van der Waals surface area contributed by atoms with Crippen LogP contribution in [0.25, 0.3) is 0 Å². The van der Waals surface area contributed by atoms with Gasteiger partial charge in [0, 0.05) is 5.56 Å². The van der Waals surface area contributed by atoms with Gasteiger partial charge in [0.25, 0.3) is 0 Å². The topological polar surface area (TPSA) is 33.6 Å². The first-order valence-corrected chi connectivity index (χ1v) is 8.05. The summed E-state index contributed by atoms with van der Waals surface area (Å²) in [6, 6.07) is 16.0. The molecule has 0 heterocycles. The van der Waals surface area contributed by atoms with Crippen molar-refractivity contribution in [1.29, 1.82) is 0 Å². The van der Waals surface area contributed by atoms with E-state index in [2.05, 4.69) is 5.10 Å². The Hall–Kier alpha value is -3.42. The van der Waals surface area contributed by atoms with Crippen LogP contribution in [-0.2, 0) is 6.61 Å². The monoisotopic (exact) mass is 392 g/mol. The summed E-state index contributed by atoms with van der Waals surface area (Å²) in [7, 11) is 0. The molecule has 0 amide bonds. The number of halogens is 5. The number of hydrogen-bond acceptors (Lipinski definition) is 3. The van der Waals surface area contributed by atoms with E-state index in [4.69, 9.17) is 4.74 Å². The van der Waals surface area contributed by atoms with Crippen LogP contribution in [0.3, 0.4) is 0 Å². The van der Waals surface area contributed by atoms with Crippen molar-refractivity contribution in [2.24, 2.45) is 5.10 Å². The van der Waals surface area contributed by atoms with E-state index in [-0.39, 0.29) is 6.61 Å². The number of rotatable bonds is 6. The van der Waals surface area contributed by atoms with E-state index in [1.54, 1.807) is 24.3 Å². The van der Waals surface area contributed by atoms with Crippen LogP contribution in [0.5, 0.6) is 5.75 Å². The fourth-order valence-corrected chi connectivity index (χ4v) is 2.32. The summed E-state index contributed by atoms with van der Waals surface area (Å²) in [6.45, 7) is 0.275. The molecule has 0 atom stereocenters. The van der Waals surface area contributed by atoms with Gasteiger partial charge in [-0.05, 0) is 17.7 Å². The zero-order chi connectivity index (χ0) is 20.1. The Bertz CT molecular complexity index is 980. The van der Waals surface area contributed by atoms with Gasteiger partial charge >= 0.3 is 0 Å². The Morgan fingerprint density at radius 3 is 2.00 bits per heavy atom. The molecule has 1 N–H and O–H groups in total. The van der Waals surface area contributed by atoms with Gasteiger partial charge in [-0.1, -0.05) is 42.5 Å². The van der Waals surface area contributed by atoms with Crippen LogP contribution in [0.1, 0.15) is 11.1 Å². The first-order chi connectivity index (χ1) is 13.5. The standard InChI is InChI=1S/C20H13F5N2O/c21-15-16(22)18(24)20(19(25)17(15)23)27-26-10-13-8-4-5-9-14(13)28-11-12-6-2-1-3-7-12/h1-10,27H,11H2/b26-10-. The van der Waals surface area contributed by atoms with Crippen molar-refractivity contribution in [2.75, 3.05) is 5.43 Å². The Labute approximate surface area is 157 Å². The number of ether oxygens (including phenoxy) is 1. The van der Waals surface area contributed by atoms with Crippen LogP contribution >= 0.6 is 0 Å². The highest BCUT2D eigenvalue weighted by Gasteiger charge is 2.25. The number of hydrazone groups is 1. The van der Waals surface area contributed by atoms with Crippen molar-refractivity contribution >= 4 is 11.9 Å². The van der Waals surface area contributed by atoms with E-state index < -0.39 is 34.8 Å². The number of nitrogens with one attached hydrogen (secondary N) is 1. The minimum Gasteiger partial charge on any atom is -0.488 e. The van der Waals surface area contributed by atoms with Gasteiger partial charge in [0.05, 0.1) is 6.21 Å². The molecule has 28 heavy (non-hydrogen) atoms. The second-order valence-corrected chi connectivity index (χ2v) is 5.63. The van der Waals surface area contributed by atoms with Gasteiger partial charge in [0.2, 0.25) is 5.82 Å². The normalized spacial score (nSPS) is 11.0. The highest BCUT2D eigenvalue weighted by molar-refractivity contribution is 5.84. The third-order valence-corrected chi connectivity index (χ3v) is 3.75. The molecule has 0 aliphatic heterocycles. The summed E-state index contributed by atoms with van der Waals surface area (Å²) in [5.41, 5.74) is 1.98. The molecule has 0 aromatic heterocycles. The smallest absolute Gasteiger partial charge is 0.200 e. The molecule has 0 saturated heterocycles. The maximum Gasteiger partial charge on any atom is 0.200 e. The molecule has 8 heteroatoms. The van der Waals surface area contributed by atoms with Crippen LogP contribution in [-0.4, -0.2) is 6.21 Å². The van der Waals surface area contributed by atoms with E-state index >= 15 is 0 Å². The quantitative estimate of drug-likeness (QED) is 0.200. The first kappa shape index (κ1) is 19.3. The summed E-state index contributed by atoms with van der Waals surface area (Å²) < 4.78 is 72.4. The van der Waals surface area contributed by atoms with Gasteiger partial charge in [-0.25, -0.2) is 22.0 Å². The van der Waals surface area contributed by atoms with Gasteiger partial charge < -0.3 is 4.74 Å². The van der Waals surface area contributed by atoms with Crippen molar-refractivity contribution in [2.45, 2.75) is 6.61 Å². The summed E-state index contributed by atoms with van der Waals surface area (Å²) in [5, 5.41) is 3.57. The van der Waals surface area contributed by atoms with Crippen molar-refractivity contribution in [1.82, 2.24) is 0 Å². The third kappa shape index (κ3) is 4.11. The molecular weight excluding hydrogens is 379 g/mol. The highest BCUT2D eigenvalue weighted by atomic mass is 19.2. The SMILES string of the molecule is Fc1c(F)c(F)c(N/N=C\c2ccccc2OCc2ccccc2)c(F)c1F. The second kappa shape index (κ2) is 8.51. The second-order valence-electron chi connectivity index (χ2n) is 5.63. The maximum atomic E-state index is 13.6. The largest absolute Gasteiger partial charge is 0.488 e. The number of benzene rings is 3. The van der Waals surface area contributed by atoms with Crippen molar-refractivity contribution in [3.63, 3.8) is 0 Å². The molecule has 0 aliphatic carbocycles. The Balaban J connectivity index is 1.77. The molecule has 3 aromatic rings. The summed E-state index contributed by atoms with van der Waals surface area (Å²) in [5.74, 6) is -9.91. The minimum absolute atomic E-state index is 0.275. The molecule has 3 aromatic carbocycles. The Kier molecular flexibility index (Phi) is 5.88. The molecule has 0 spiro atoms. The molecule has 3 nitrogen and oxygen atoms in total. The Morgan fingerprint density at radius 2 is 1.32 bits per heavy atom. The van der Waals surface area contributed by atoms with Crippen molar-refractivity contribution < 1.29 is 26.7 Å². The molecule has 0 fully saturated rings. The van der Waals surface area contributed by atoms with Crippen LogP contribution in [0.15, 0.2) is 59.7 Å². The lowest BCUT2D eigenvalue weighted by Crippen LogP contribution is -2.06. The third-order valence-electron chi connectivity index (χ3n) is 3.75. The van der Waals surface area contributed by atoms with Crippen LogP contribution in [0, 0.1) is 29.1 Å². The van der Waals surface area contributed by atoms with E-state index in [0.29, 0.717) is 11.3 Å². The zero-order valence-corrected chi connectivity index (χ0v) is 14.2. The molecule has 0 saturated carbocycles. The maximum absolute atomic E-state index is 13.6. The van der Waals surface area contributed by atoms with E-state index in [1.807, 2.05) is 35.8 Å². The predicted octanol–water partition coefficient (Wildman–Crippen LogP) is 5.41. The lowest BCUT2D eigenvalue weighted by molar-refractivity contribution is 0.306. The molecular formula is C20H13F5N2O. The number of anilines is 1. The van der Waals surface area contributed by atoms with Gasteiger partial charge in [0.15, 0.2) is 23.3 Å². The number of nitrogens with zero attached hydrogens (tertiary/aromatic N) is 1. The molecule has 144 valence electrons. The van der Waals surface area contributed by atoms with Crippen LogP contribution < -0.4 is 10.2 Å². The lowest BCUT2D eigenvalue weighted by atomic mass is 10.2. The molecule has 0 unspecified atom stereocenters. The lowest BCUT2D eigenvalue weighted by Gasteiger charge is -2.09. The van der Waals surface area contributed by atoms with Gasteiger partial charge in [-0.2, -0.15) is 5.10 Å². The average molecular weight is 392 g/mol. The summed E-state index contributed by atoms with van der Waals surface area (Å²) in [6.07, 6.45) is 1.15. The Morgan fingerprint density at radius 1 is 0.750 bits per heavy atom. The highest BCUT2D eigenvalue weighted by Crippen LogP contribution is 2.27. The molecule has 0 radical (unpaired) electrons. The number of para-hydroxylation sites is 1.